The number of benzene rings is 1. The number of hydrogen-bond acceptors (Lipinski definition) is 1. The number of hydrogen-bond donors (Lipinski definition) is 1. The monoisotopic (exact) mass is 277 g/mol. The molecule has 1 N–H and O–H groups in total. The van der Waals surface area contributed by atoms with E-state index in [0.29, 0.717) is 10.4 Å². The molecule has 2 saturated carbocycles. The predicted octanol–water partition coefficient (Wildman–Crippen LogP) is 4.49. The highest BCUT2D eigenvalue weighted by atomic mass is 35.5. The first kappa shape index (κ1) is 13.0. The Bertz CT molecular complexity index is 474. The lowest BCUT2D eigenvalue weighted by molar-refractivity contribution is -0.118. The molecule has 1 unspecified atom stereocenters. The maximum atomic E-state index is 12.3. The molecule has 1 atom stereocenters. The highest BCUT2D eigenvalue weighted by molar-refractivity contribution is 6.30. The van der Waals surface area contributed by atoms with Crippen molar-refractivity contribution in [1.82, 2.24) is 0 Å². The Morgan fingerprint density at radius 1 is 1.26 bits per heavy atom. The third-order valence-electron chi connectivity index (χ3n) is 4.89. The van der Waals surface area contributed by atoms with E-state index < -0.39 is 0 Å². The van der Waals surface area contributed by atoms with Crippen LogP contribution in [0.25, 0.3) is 0 Å². The summed E-state index contributed by atoms with van der Waals surface area (Å²) in [6.07, 6.45) is 6.11. The fraction of sp³-hybridized carbons (Fsp3) is 0.562. The Balaban J connectivity index is 1.59. The average Bonchev–Trinajstić information content (AvgIpc) is 3.11. The molecular weight excluding hydrogens is 258 g/mol. The smallest absolute Gasteiger partial charge is 0.228 e. The van der Waals surface area contributed by atoms with Gasteiger partial charge in [-0.1, -0.05) is 31.4 Å². The second-order valence-electron chi connectivity index (χ2n) is 6.30. The van der Waals surface area contributed by atoms with Gasteiger partial charge in [0, 0.05) is 16.6 Å². The van der Waals surface area contributed by atoms with E-state index in [1.54, 1.807) is 0 Å². The minimum Gasteiger partial charge on any atom is -0.326 e. The molecule has 1 spiro atoms. The van der Waals surface area contributed by atoms with Gasteiger partial charge in [-0.15, -0.1) is 0 Å². The molecular formula is C16H20ClNO. The zero-order chi connectivity index (χ0) is 13.5. The van der Waals surface area contributed by atoms with E-state index >= 15 is 0 Å². The molecule has 0 saturated heterocycles. The quantitative estimate of drug-likeness (QED) is 0.847. The van der Waals surface area contributed by atoms with Gasteiger partial charge in [-0.05, 0) is 54.9 Å². The molecule has 0 heterocycles. The van der Waals surface area contributed by atoms with Gasteiger partial charge < -0.3 is 5.32 Å². The maximum absolute atomic E-state index is 12.3. The van der Waals surface area contributed by atoms with Gasteiger partial charge in [-0.25, -0.2) is 0 Å². The maximum Gasteiger partial charge on any atom is 0.228 e. The van der Waals surface area contributed by atoms with Crippen molar-refractivity contribution >= 4 is 23.2 Å². The van der Waals surface area contributed by atoms with Crippen LogP contribution in [0, 0.1) is 17.3 Å². The minimum absolute atomic E-state index is 0.192. The lowest BCUT2D eigenvalue weighted by Gasteiger charge is -2.26. The molecule has 1 amide bonds. The summed E-state index contributed by atoms with van der Waals surface area (Å²) in [5, 5.41) is 3.71. The normalized spacial score (nSPS) is 33.2. The zero-order valence-electron chi connectivity index (χ0n) is 11.3. The predicted molar refractivity (Wildman–Crippen MR) is 78.3 cm³/mol. The molecule has 2 aliphatic rings. The van der Waals surface area contributed by atoms with E-state index in [1.165, 1.54) is 25.7 Å². The number of anilines is 1. The van der Waals surface area contributed by atoms with Gasteiger partial charge in [0.1, 0.15) is 0 Å². The first-order valence-electron chi connectivity index (χ1n) is 7.15. The van der Waals surface area contributed by atoms with Gasteiger partial charge in [0.05, 0.1) is 0 Å². The van der Waals surface area contributed by atoms with Crippen LogP contribution in [-0.2, 0) is 4.79 Å². The Morgan fingerprint density at radius 3 is 2.53 bits per heavy atom. The Labute approximate surface area is 119 Å². The second-order valence-corrected chi connectivity index (χ2v) is 6.73. The largest absolute Gasteiger partial charge is 0.326 e. The molecule has 0 aliphatic heterocycles. The van der Waals surface area contributed by atoms with E-state index in [-0.39, 0.29) is 11.8 Å². The summed E-state index contributed by atoms with van der Waals surface area (Å²) in [5.41, 5.74) is 1.18. The van der Waals surface area contributed by atoms with Crippen molar-refractivity contribution in [2.75, 3.05) is 5.32 Å². The van der Waals surface area contributed by atoms with Crippen LogP contribution in [0.3, 0.4) is 0 Å². The SMILES string of the molecule is CC1CCC2(CC1)CC2C(=O)Nc1ccc(Cl)cc1. The molecule has 102 valence electrons. The molecule has 0 aromatic heterocycles. The van der Waals surface area contributed by atoms with Gasteiger partial charge >= 0.3 is 0 Å². The molecule has 2 fully saturated rings. The summed E-state index contributed by atoms with van der Waals surface area (Å²) < 4.78 is 0. The Morgan fingerprint density at radius 2 is 1.89 bits per heavy atom. The molecule has 0 bridgehead atoms. The second kappa shape index (κ2) is 4.82. The lowest BCUT2D eigenvalue weighted by atomic mass is 9.79. The van der Waals surface area contributed by atoms with Crippen LogP contribution in [-0.4, -0.2) is 5.91 Å². The number of halogens is 1. The topological polar surface area (TPSA) is 29.1 Å². The molecule has 19 heavy (non-hydrogen) atoms. The van der Waals surface area contributed by atoms with E-state index in [4.69, 9.17) is 11.6 Å². The van der Waals surface area contributed by atoms with Crippen LogP contribution in [0.1, 0.15) is 39.0 Å². The van der Waals surface area contributed by atoms with Crippen molar-refractivity contribution in [2.24, 2.45) is 17.3 Å². The standard InChI is InChI=1S/C16H20ClNO/c1-11-6-8-16(9-7-11)10-14(16)15(19)18-13-4-2-12(17)3-5-13/h2-5,11,14H,6-10H2,1H3,(H,18,19). The van der Waals surface area contributed by atoms with Gasteiger partial charge in [0.15, 0.2) is 0 Å². The molecule has 1 aromatic rings. The van der Waals surface area contributed by atoms with E-state index in [0.717, 1.165) is 18.0 Å². The summed E-state index contributed by atoms with van der Waals surface area (Å²) in [5.74, 6) is 1.26. The van der Waals surface area contributed by atoms with Crippen molar-refractivity contribution in [3.8, 4) is 0 Å². The van der Waals surface area contributed by atoms with Crippen LogP contribution in [0.15, 0.2) is 24.3 Å². The van der Waals surface area contributed by atoms with Gasteiger partial charge in [-0.3, -0.25) is 4.79 Å². The first-order valence-corrected chi connectivity index (χ1v) is 7.53. The van der Waals surface area contributed by atoms with E-state index in [2.05, 4.69) is 12.2 Å². The molecule has 2 nitrogen and oxygen atoms in total. The fourth-order valence-corrected chi connectivity index (χ4v) is 3.50. The van der Waals surface area contributed by atoms with Gasteiger partial charge in [0.25, 0.3) is 0 Å². The van der Waals surface area contributed by atoms with Crippen molar-refractivity contribution in [1.29, 1.82) is 0 Å². The zero-order valence-corrected chi connectivity index (χ0v) is 12.0. The third-order valence-corrected chi connectivity index (χ3v) is 5.14. The number of amides is 1. The van der Waals surface area contributed by atoms with Crippen molar-refractivity contribution in [3.63, 3.8) is 0 Å². The Kier molecular flexibility index (Phi) is 3.30. The van der Waals surface area contributed by atoms with Crippen LogP contribution >= 0.6 is 11.6 Å². The molecule has 2 aliphatic carbocycles. The molecule has 1 aromatic carbocycles. The van der Waals surface area contributed by atoms with E-state index in [9.17, 15) is 4.79 Å². The highest BCUT2D eigenvalue weighted by Crippen LogP contribution is 2.62. The van der Waals surface area contributed by atoms with Crippen molar-refractivity contribution in [3.05, 3.63) is 29.3 Å². The van der Waals surface area contributed by atoms with Crippen LogP contribution < -0.4 is 5.32 Å². The number of carbonyl (C=O) groups is 1. The summed E-state index contributed by atoms with van der Waals surface area (Å²) in [7, 11) is 0. The van der Waals surface area contributed by atoms with Crippen molar-refractivity contribution < 1.29 is 4.79 Å². The summed E-state index contributed by atoms with van der Waals surface area (Å²) in [6.45, 7) is 2.32. The number of rotatable bonds is 2. The lowest BCUT2D eigenvalue weighted by Crippen LogP contribution is -2.22. The van der Waals surface area contributed by atoms with Gasteiger partial charge in [0.2, 0.25) is 5.91 Å². The van der Waals surface area contributed by atoms with Crippen LogP contribution in [0.5, 0.6) is 0 Å². The van der Waals surface area contributed by atoms with Gasteiger partial charge in [-0.2, -0.15) is 0 Å². The summed E-state index contributed by atoms with van der Waals surface area (Å²) in [6, 6.07) is 7.33. The first-order chi connectivity index (χ1) is 9.09. The number of carbonyl (C=O) groups excluding carboxylic acids is 1. The Hall–Kier alpha value is -1.02. The van der Waals surface area contributed by atoms with Crippen LogP contribution in [0.4, 0.5) is 5.69 Å². The van der Waals surface area contributed by atoms with Crippen molar-refractivity contribution in [2.45, 2.75) is 39.0 Å². The fourth-order valence-electron chi connectivity index (χ4n) is 3.37. The summed E-state index contributed by atoms with van der Waals surface area (Å²) in [4.78, 5) is 12.3. The minimum atomic E-state index is 0.192. The number of nitrogens with one attached hydrogen (secondary N) is 1. The van der Waals surface area contributed by atoms with Crippen LogP contribution in [0.2, 0.25) is 5.02 Å². The summed E-state index contributed by atoms with van der Waals surface area (Å²) >= 11 is 5.84. The molecule has 3 heteroatoms. The average molecular weight is 278 g/mol. The molecule has 0 radical (unpaired) electrons. The highest BCUT2D eigenvalue weighted by Gasteiger charge is 2.58. The molecule has 3 rings (SSSR count). The third kappa shape index (κ3) is 2.64. The van der Waals surface area contributed by atoms with E-state index in [1.807, 2.05) is 24.3 Å².